The van der Waals surface area contributed by atoms with Crippen molar-refractivity contribution in [2.45, 2.75) is 18.9 Å². The molecule has 0 saturated carbocycles. The van der Waals surface area contributed by atoms with Gasteiger partial charge in [0.25, 0.3) is 0 Å². The molecule has 13 heavy (non-hydrogen) atoms. The summed E-state index contributed by atoms with van der Waals surface area (Å²) < 4.78 is 0. The minimum atomic E-state index is -0.885. The zero-order valence-electron chi connectivity index (χ0n) is 7.68. The maximum Gasteiger partial charge on any atom is 0.330 e. The van der Waals surface area contributed by atoms with E-state index in [1.54, 1.807) is 0 Å². The molecule has 0 radical (unpaired) electrons. The molecule has 0 aromatic carbocycles. The molecule has 0 aromatic rings. The van der Waals surface area contributed by atoms with Crippen molar-refractivity contribution in [2.75, 3.05) is 19.6 Å². The number of carboxylic acids is 1. The molecular formula is C9H16N2O2. The predicted molar refractivity (Wildman–Crippen MR) is 50.7 cm³/mol. The minimum absolute atomic E-state index is 0.298. The zero-order chi connectivity index (χ0) is 9.68. The summed E-state index contributed by atoms with van der Waals surface area (Å²) >= 11 is 0. The molecule has 0 amide bonds. The molecule has 1 rings (SSSR count). The molecule has 4 nitrogen and oxygen atoms in total. The van der Waals surface area contributed by atoms with E-state index in [2.05, 4.69) is 17.2 Å². The van der Waals surface area contributed by atoms with Gasteiger partial charge in [-0.3, -0.25) is 0 Å². The highest BCUT2D eigenvalue weighted by atomic mass is 16.4. The Morgan fingerprint density at radius 2 is 2.31 bits per heavy atom. The Morgan fingerprint density at radius 3 is 2.85 bits per heavy atom. The van der Waals surface area contributed by atoms with Gasteiger partial charge in [0.2, 0.25) is 0 Å². The van der Waals surface area contributed by atoms with Crippen molar-refractivity contribution >= 4 is 5.97 Å². The number of aliphatic carboxylic acids is 1. The van der Waals surface area contributed by atoms with Crippen molar-refractivity contribution in [1.29, 1.82) is 0 Å². The van der Waals surface area contributed by atoms with Crippen molar-refractivity contribution in [1.82, 2.24) is 10.6 Å². The third-order valence-electron chi connectivity index (χ3n) is 2.22. The lowest BCUT2D eigenvalue weighted by molar-refractivity contribution is -0.132. The van der Waals surface area contributed by atoms with Gasteiger partial charge in [0.1, 0.15) is 0 Å². The Bertz CT molecular complexity index is 198. The second-order valence-electron chi connectivity index (χ2n) is 3.30. The van der Waals surface area contributed by atoms with E-state index < -0.39 is 5.97 Å². The van der Waals surface area contributed by atoms with Crippen LogP contribution in [0.25, 0.3) is 0 Å². The van der Waals surface area contributed by atoms with Crippen molar-refractivity contribution < 1.29 is 9.90 Å². The molecule has 1 aliphatic heterocycles. The molecule has 4 heteroatoms. The lowest BCUT2D eigenvalue weighted by Crippen LogP contribution is -2.48. The van der Waals surface area contributed by atoms with Gasteiger partial charge in [-0.1, -0.05) is 6.58 Å². The summed E-state index contributed by atoms with van der Waals surface area (Å²) in [6.45, 7) is 6.37. The maximum absolute atomic E-state index is 10.4. The van der Waals surface area contributed by atoms with Gasteiger partial charge in [0, 0.05) is 31.2 Å². The molecule has 1 heterocycles. The summed E-state index contributed by atoms with van der Waals surface area (Å²) in [6.07, 6.45) is 1.41. The Labute approximate surface area is 78.0 Å². The second-order valence-corrected chi connectivity index (χ2v) is 3.30. The minimum Gasteiger partial charge on any atom is -0.478 e. The van der Waals surface area contributed by atoms with E-state index in [4.69, 9.17) is 5.11 Å². The van der Waals surface area contributed by atoms with Gasteiger partial charge in [-0.15, -0.1) is 0 Å². The normalized spacial score (nSPS) is 22.6. The summed E-state index contributed by atoms with van der Waals surface area (Å²) in [5, 5.41) is 15.1. The number of piperazine rings is 1. The van der Waals surface area contributed by atoms with Gasteiger partial charge < -0.3 is 15.7 Å². The van der Waals surface area contributed by atoms with Crippen LogP contribution in [0.4, 0.5) is 0 Å². The Hall–Kier alpha value is -0.870. The molecule has 74 valence electrons. The van der Waals surface area contributed by atoms with E-state index in [0.29, 0.717) is 18.0 Å². The van der Waals surface area contributed by atoms with Gasteiger partial charge >= 0.3 is 5.97 Å². The van der Waals surface area contributed by atoms with Gasteiger partial charge in [-0.05, 0) is 12.8 Å². The van der Waals surface area contributed by atoms with Crippen LogP contribution < -0.4 is 10.6 Å². The molecular weight excluding hydrogens is 168 g/mol. The number of carbonyl (C=O) groups is 1. The van der Waals surface area contributed by atoms with E-state index >= 15 is 0 Å². The first-order valence-electron chi connectivity index (χ1n) is 4.55. The monoisotopic (exact) mass is 184 g/mol. The highest BCUT2D eigenvalue weighted by molar-refractivity contribution is 5.85. The predicted octanol–water partition coefficient (Wildman–Crippen LogP) is -0.0312. The zero-order valence-corrected chi connectivity index (χ0v) is 7.68. The molecule has 0 aromatic heterocycles. The van der Waals surface area contributed by atoms with Crippen LogP contribution in [0, 0.1) is 0 Å². The van der Waals surface area contributed by atoms with Gasteiger partial charge in [-0.25, -0.2) is 4.79 Å². The SMILES string of the molecule is C=C(CCC1CNCCN1)C(=O)O. The molecule has 1 aliphatic rings. The van der Waals surface area contributed by atoms with E-state index in [9.17, 15) is 4.79 Å². The molecule has 3 N–H and O–H groups in total. The van der Waals surface area contributed by atoms with Crippen LogP contribution in [0.1, 0.15) is 12.8 Å². The first-order chi connectivity index (χ1) is 6.20. The van der Waals surface area contributed by atoms with Crippen molar-refractivity contribution in [2.24, 2.45) is 0 Å². The molecule has 1 fully saturated rings. The molecule has 0 aliphatic carbocycles. The smallest absolute Gasteiger partial charge is 0.330 e. The van der Waals surface area contributed by atoms with Crippen LogP contribution in [0.3, 0.4) is 0 Å². The summed E-state index contributed by atoms with van der Waals surface area (Å²) in [5.41, 5.74) is 0.298. The van der Waals surface area contributed by atoms with Crippen molar-refractivity contribution in [3.8, 4) is 0 Å². The molecule has 1 atom stereocenters. The summed E-state index contributed by atoms with van der Waals surface area (Å²) in [4.78, 5) is 10.4. The lowest BCUT2D eigenvalue weighted by atomic mass is 10.1. The summed E-state index contributed by atoms with van der Waals surface area (Å²) in [5.74, 6) is -0.885. The first kappa shape index (κ1) is 10.2. The van der Waals surface area contributed by atoms with Crippen LogP contribution in [0.15, 0.2) is 12.2 Å². The summed E-state index contributed by atoms with van der Waals surface area (Å²) in [6, 6.07) is 0.393. The molecule has 0 spiro atoms. The van der Waals surface area contributed by atoms with Crippen LogP contribution in [0.5, 0.6) is 0 Å². The molecule has 1 saturated heterocycles. The van der Waals surface area contributed by atoms with Crippen molar-refractivity contribution in [3.05, 3.63) is 12.2 Å². The third-order valence-corrected chi connectivity index (χ3v) is 2.22. The highest BCUT2D eigenvalue weighted by Gasteiger charge is 2.13. The average molecular weight is 184 g/mol. The Morgan fingerprint density at radius 1 is 1.54 bits per heavy atom. The third kappa shape index (κ3) is 3.57. The fourth-order valence-corrected chi connectivity index (χ4v) is 1.37. The van der Waals surface area contributed by atoms with Gasteiger partial charge in [0.05, 0.1) is 0 Å². The Balaban J connectivity index is 2.17. The number of nitrogens with one attached hydrogen (secondary N) is 2. The standard InChI is InChI=1S/C9H16N2O2/c1-7(9(12)13)2-3-8-6-10-4-5-11-8/h8,10-11H,1-6H2,(H,12,13). The average Bonchev–Trinajstić information content (AvgIpc) is 2.15. The van der Waals surface area contributed by atoms with E-state index in [1.807, 2.05) is 0 Å². The largest absolute Gasteiger partial charge is 0.478 e. The quantitative estimate of drug-likeness (QED) is 0.537. The molecule has 1 unspecified atom stereocenters. The number of carboxylic acid groups (broad SMARTS) is 1. The van der Waals surface area contributed by atoms with Gasteiger partial charge in [-0.2, -0.15) is 0 Å². The van der Waals surface area contributed by atoms with Crippen LogP contribution in [-0.4, -0.2) is 36.8 Å². The second kappa shape index (κ2) is 4.99. The maximum atomic E-state index is 10.4. The lowest BCUT2D eigenvalue weighted by Gasteiger charge is -2.24. The van der Waals surface area contributed by atoms with Crippen LogP contribution in [-0.2, 0) is 4.79 Å². The Kier molecular flexibility index (Phi) is 3.92. The van der Waals surface area contributed by atoms with E-state index in [-0.39, 0.29) is 0 Å². The van der Waals surface area contributed by atoms with E-state index in [1.165, 1.54) is 0 Å². The number of rotatable bonds is 4. The first-order valence-corrected chi connectivity index (χ1v) is 4.55. The summed E-state index contributed by atoms with van der Waals surface area (Å²) in [7, 11) is 0. The number of hydrogen-bond acceptors (Lipinski definition) is 3. The van der Waals surface area contributed by atoms with Gasteiger partial charge in [0.15, 0.2) is 0 Å². The topological polar surface area (TPSA) is 61.4 Å². The van der Waals surface area contributed by atoms with Crippen LogP contribution in [0.2, 0.25) is 0 Å². The number of hydrogen-bond donors (Lipinski definition) is 3. The van der Waals surface area contributed by atoms with Crippen molar-refractivity contribution in [3.63, 3.8) is 0 Å². The fourth-order valence-electron chi connectivity index (χ4n) is 1.37. The van der Waals surface area contributed by atoms with E-state index in [0.717, 1.165) is 26.1 Å². The van der Waals surface area contributed by atoms with Crippen LogP contribution >= 0.6 is 0 Å². The molecule has 0 bridgehead atoms. The fraction of sp³-hybridized carbons (Fsp3) is 0.667. The highest BCUT2D eigenvalue weighted by Crippen LogP contribution is 2.06.